The van der Waals surface area contributed by atoms with Crippen LogP contribution in [-0.2, 0) is 0 Å². The number of terminal acetylenes is 1. The second-order valence-corrected chi connectivity index (χ2v) is 5.80. The zero-order valence-corrected chi connectivity index (χ0v) is 12.6. The van der Waals surface area contributed by atoms with Crippen molar-refractivity contribution in [3.8, 4) is 12.3 Å². The van der Waals surface area contributed by atoms with E-state index in [9.17, 15) is 0 Å². The largest absolute Gasteiger partial charge is 0.382 e. The summed E-state index contributed by atoms with van der Waals surface area (Å²) in [6.45, 7) is 2.85. The van der Waals surface area contributed by atoms with Crippen molar-refractivity contribution in [3.63, 3.8) is 0 Å². The number of nitrogens with one attached hydrogen (secondary N) is 1. The Balaban J connectivity index is 1.75. The minimum Gasteiger partial charge on any atom is -0.382 e. The Morgan fingerprint density at radius 3 is 2.90 bits per heavy atom. The van der Waals surface area contributed by atoms with E-state index in [0.29, 0.717) is 11.1 Å². The van der Waals surface area contributed by atoms with Crippen molar-refractivity contribution in [2.24, 2.45) is 0 Å². The SMILES string of the molecule is C#CCN1CCC(Nc2ccc(Cl)c3ncccc23)CC1. The first kappa shape index (κ1) is 14.2. The van der Waals surface area contributed by atoms with Crippen LogP contribution >= 0.6 is 11.6 Å². The summed E-state index contributed by atoms with van der Waals surface area (Å²) < 4.78 is 0. The molecule has 3 nitrogen and oxygen atoms in total. The molecule has 0 bridgehead atoms. The fourth-order valence-corrected chi connectivity index (χ4v) is 3.06. The molecule has 1 aliphatic heterocycles. The highest BCUT2D eigenvalue weighted by Gasteiger charge is 2.19. The summed E-state index contributed by atoms with van der Waals surface area (Å²) in [6, 6.07) is 8.43. The zero-order valence-electron chi connectivity index (χ0n) is 11.8. The van der Waals surface area contributed by atoms with Crippen LogP contribution in [0, 0.1) is 12.3 Å². The van der Waals surface area contributed by atoms with Gasteiger partial charge >= 0.3 is 0 Å². The summed E-state index contributed by atoms with van der Waals surface area (Å²) in [4.78, 5) is 6.69. The monoisotopic (exact) mass is 299 g/mol. The fraction of sp³-hybridized carbons (Fsp3) is 0.353. The predicted molar refractivity (Wildman–Crippen MR) is 88.7 cm³/mol. The molecule has 1 aromatic heterocycles. The Morgan fingerprint density at radius 2 is 2.14 bits per heavy atom. The van der Waals surface area contributed by atoms with Crippen molar-refractivity contribution in [1.29, 1.82) is 0 Å². The predicted octanol–water partition coefficient (Wildman–Crippen LogP) is 3.40. The lowest BCUT2D eigenvalue weighted by Crippen LogP contribution is -2.39. The lowest BCUT2D eigenvalue weighted by molar-refractivity contribution is 0.243. The second kappa shape index (κ2) is 6.34. The van der Waals surface area contributed by atoms with Crippen LogP contribution in [-0.4, -0.2) is 35.6 Å². The molecule has 4 heteroatoms. The van der Waals surface area contributed by atoms with E-state index in [1.807, 2.05) is 18.2 Å². The molecule has 0 amide bonds. The molecule has 1 aliphatic rings. The Kier molecular flexibility index (Phi) is 4.28. The number of rotatable bonds is 3. The number of hydrogen-bond acceptors (Lipinski definition) is 3. The van der Waals surface area contributed by atoms with Crippen LogP contribution in [0.2, 0.25) is 5.02 Å². The quantitative estimate of drug-likeness (QED) is 0.881. The Bertz CT molecular complexity index is 669. The average molecular weight is 300 g/mol. The molecule has 1 fully saturated rings. The van der Waals surface area contributed by atoms with E-state index < -0.39 is 0 Å². The molecule has 1 N–H and O–H groups in total. The standard InChI is InChI=1S/C17H18ClN3/c1-2-10-21-11-7-13(8-12-21)20-16-6-5-15(18)17-14(16)4-3-9-19-17/h1,3-6,9,13,20H,7-8,10-12H2. The normalized spacial score (nSPS) is 16.8. The smallest absolute Gasteiger partial charge is 0.0908 e. The van der Waals surface area contributed by atoms with Gasteiger partial charge in [0.05, 0.1) is 17.1 Å². The molecule has 1 aromatic carbocycles. The van der Waals surface area contributed by atoms with Gasteiger partial charge in [-0.3, -0.25) is 9.88 Å². The lowest BCUT2D eigenvalue weighted by Gasteiger charge is -2.31. The number of anilines is 1. The van der Waals surface area contributed by atoms with Crippen molar-refractivity contribution in [2.45, 2.75) is 18.9 Å². The molecule has 0 radical (unpaired) electrons. The Labute approximate surface area is 130 Å². The van der Waals surface area contributed by atoms with Gasteiger partial charge in [0.2, 0.25) is 0 Å². The van der Waals surface area contributed by atoms with Gasteiger partial charge in [0.1, 0.15) is 0 Å². The minimum absolute atomic E-state index is 0.476. The number of likely N-dealkylation sites (tertiary alicyclic amines) is 1. The van der Waals surface area contributed by atoms with Crippen LogP contribution in [0.3, 0.4) is 0 Å². The highest BCUT2D eigenvalue weighted by atomic mass is 35.5. The summed E-state index contributed by atoms with van der Waals surface area (Å²) in [7, 11) is 0. The maximum atomic E-state index is 6.21. The van der Waals surface area contributed by atoms with Gasteiger partial charge in [0, 0.05) is 36.4 Å². The summed E-state index contributed by atoms with van der Waals surface area (Å²) >= 11 is 6.21. The second-order valence-electron chi connectivity index (χ2n) is 5.39. The molecule has 2 heterocycles. The summed E-state index contributed by atoms with van der Waals surface area (Å²) in [5.74, 6) is 2.71. The van der Waals surface area contributed by atoms with Crippen LogP contribution in [0.25, 0.3) is 10.9 Å². The average Bonchev–Trinajstić information content (AvgIpc) is 2.52. The number of halogens is 1. The van der Waals surface area contributed by atoms with Gasteiger partial charge in [-0.05, 0) is 37.1 Å². The molecule has 2 aromatic rings. The van der Waals surface area contributed by atoms with Gasteiger partial charge in [-0.1, -0.05) is 17.5 Å². The first-order valence-electron chi connectivity index (χ1n) is 7.23. The molecule has 1 saturated heterocycles. The third-order valence-electron chi connectivity index (χ3n) is 3.98. The number of pyridine rings is 1. The molecule has 0 atom stereocenters. The highest BCUT2D eigenvalue weighted by Crippen LogP contribution is 2.29. The molecule has 0 saturated carbocycles. The van der Waals surface area contributed by atoms with E-state index >= 15 is 0 Å². The highest BCUT2D eigenvalue weighted by molar-refractivity contribution is 6.35. The summed E-state index contributed by atoms with van der Waals surface area (Å²) in [6.07, 6.45) is 9.35. The van der Waals surface area contributed by atoms with Crippen molar-refractivity contribution in [2.75, 3.05) is 25.0 Å². The van der Waals surface area contributed by atoms with E-state index in [1.165, 1.54) is 0 Å². The third-order valence-corrected chi connectivity index (χ3v) is 4.29. The van der Waals surface area contributed by atoms with E-state index in [0.717, 1.165) is 49.1 Å². The molecular formula is C17H18ClN3. The van der Waals surface area contributed by atoms with Gasteiger partial charge in [-0.25, -0.2) is 0 Å². The number of fused-ring (bicyclic) bond motifs is 1. The van der Waals surface area contributed by atoms with Crippen LogP contribution < -0.4 is 5.32 Å². The molecular weight excluding hydrogens is 282 g/mol. The van der Waals surface area contributed by atoms with Crippen LogP contribution in [0.15, 0.2) is 30.5 Å². The van der Waals surface area contributed by atoms with E-state index in [-0.39, 0.29) is 0 Å². The zero-order chi connectivity index (χ0) is 14.7. The van der Waals surface area contributed by atoms with Crippen molar-refractivity contribution in [1.82, 2.24) is 9.88 Å². The van der Waals surface area contributed by atoms with Crippen molar-refractivity contribution in [3.05, 3.63) is 35.5 Å². The molecule has 0 unspecified atom stereocenters. The lowest BCUT2D eigenvalue weighted by atomic mass is 10.0. The maximum Gasteiger partial charge on any atom is 0.0908 e. The van der Waals surface area contributed by atoms with E-state index in [1.54, 1.807) is 6.20 Å². The molecule has 3 rings (SSSR count). The van der Waals surface area contributed by atoms with Crippen molar-refractivity contribution >= 4 is 28.2 Å². The van der Waals surface area contributed by atoms with Gasteiger partial charge in [-0.2, -0.15) is 0 Å². The van der Waals surface area contributed by atoms with Crippen LogP contribution in [0.5, 0.6) is 0 Å². The first-order chi connectivity index (χ1) is 10.3. The van der Waals surface area contributed by atoms with Crippen molar-refractivity contribution < 1.29 is 0 Å². The Morgan fingerprint density at radius 1 is 1.33 bits per heavy atom. The van der Waals surface area contributed by atoms with Crippen LogP contribution in [0.4, 0.5) is 5.69 Å². The first-order valence-corrected chi connectivity index (χ1v) is 7.61. The van der Waals surface area contributed by atoms with E-state index in [2.05, 4.69) is 27.2 Å². The minimum atomic E-state index is 0.476. The summed E-state index contributed by atoms with van der Waals surface area (Å²) in [5.41, 5.74) is 1.96. The van der Waals surface area contributed by atoms with Gasteiger partial charge in [-0.15, -0.1) is 6.42 Å². The molecule has 0 aliphatic carbocycles. The number of aromatic nitrogens is 1. The van der Waals surface area contributed by atoms with Gasteiger partial charge in [0.25, 0.3) is 0 Å². The molecule has 108 valence electrons. The molecule has 21 heavy (non-hydrogen) atoms. The number of benzene rings is 1. The topological polar surface area (TPSA) is 28.2 Å². The number of hydrogen-bond donors (Lipinski definition) is 1. The number of nitrogens with zero attached hydrogens (tertiary/aromatic N) is 2. The number of piperidine rings is 1. The van der Waals surface area contributed by atoms with Crippen LogP contribution in [0.1, 0.15) is 12.8 Å². The molecule has 0 spiro atoms. The third kappa shape index (κ3) is 3.12. The fourth-order valence-electron chi connectivity index (χ4n) is 2.85. The van der Waals surface area contributed by atoms with Gasteiger partial charge < -0.3 is 5.32 Å². The maximum absolute atomic E-state index is 6.21. The summed E-state index contributed by atoms with van der Waals surface area (Å²) in [5, 5.41) is 5.41. The Hall–Kier alpha value is -1.76. The van der Waals surface area contributed by atoms with Gasteiger partial charge in [0.15, 0.2) is 0 Å². The van der Waals surface area contributed by atoms with E-state index in [4.69, 9.17) is 18.0 Å².